The first kappa shape index (κ1) is 18.4. The highest BCUT2D eigenvalue weighted by molar-refractivity contribution is 5.68. The van der Waals surface area contributed by atoms with Crippen molar-refractivity contribution >= 4 is 11.3 Å². The molecule has 2 saturated heterocycles. The summed E-state index contributed by atoms with van der Waals surface area (Å²) in [7, 11) is 2.19. The van der Waals surface area contributed by atoms with E-state index in [2.05, 4.69) is 46.1 Å². The van der Waals surface area contributed by atoms with E-state index in [1.807, 2.05) is 22.8 Å². The summed E-state index contributed by atoms with van der Waals surface area (Å²) in [5.41, 5.74) is 4.27. The SMILES string of the molecule is CN1CCCC(COc2ccc3ncc(-c4cccc(N5CCCC5)c4)n3n2)C1. The molecule has 3 aromatic rings. The van der Waals surface area contributed by atoms with E-state index in [-0.39, 0.29) is 0 Å². The maximum Gasteiger partial charge on any atom is 0.231 e. The van der Waals surface area contributed by atoms with Crippen LogP contribution >= 0.6 is 0 Å². The Morgan fingerprint density at radius 3 is 2.83 bits per heavy atom. The van der Waals surface area contributed by atoms with E-state index in [1.54, 1.807) is 0 Å². The zero-order chi connectivity index (χ0) is 19.6. The molecule has 0 bridgehead atoms. The van der Waals surface area contributed by atoms with Gasteiger partial charge in [0.05, 0.1) is 18.5 Å². The van der Waals surface area contributed by atoms with Crippen LogP contribution in [0.25, 0.3) is 16.9 Å². The van der Waals surface area contributed by atoms with Crippen molar-refractivity contribution in [2.75, 3.05) is 44.7 Å². The molecule has 5 rings (SSSR count). The van der Waals surface area contributed by atoms with Crippen molar-refractivity contribution < 1.29 is 4.74 Å². The average molecular weight is 392 g/mol. The number of fused-ring (bicyclic) bond motifs is 1. The maximum absolute atomic E-state index is 6.07. The van der Waals surface area contributed by atoms with E-state index < -0.39 is 0 Å². The van der Waals surface area contributed by atoms with Crippen molar-refractivity contribution in [3.8, 4) is 17.1 Å². The van der Waals surface area contributed by atoms with E-state index in [1.165, 1.54) is 37.9 Å². The molecule has 29 heavy (non-hydrogen) atoms. The highest BCUT2D eigenvalue weighted by Crippen LogP contribution is 2.28. The third-order valence-corrected chi connectivity index (χ3v) is 6.14. The first-order chi connectivity index (χ1) is 14.3. The van der Waals surface area contributed by atoms with Crippen molar-refractivity contribution in [1.29, 1.82) is 0 Å². The number of piperidine rings is 1. The normalized spacial score (nSPS) is 20.4. The van der Waals surface area contributed by atoms with Crippen LogP contribution in [0, 0.1) is 5.92 Å². The van der Waals surface area contributed by atoms with Gasteiger partial charge in [-0.05, 0) is 57.5 Å². The number of imidazole rings is 1. The molecule has 152 valence electrons. The molecule has 1 unspecified atom stereocenters. The molecule has 2 aromatic heterocycles. The number of nitrogens with zero attached hydrogens (tertiary/aromatic N) is 5. The lowest BCUT2D eigenvalue weighted by Gasteiger charge is -2.29. The maximum atomic E-state index is 6.07. The standard InChI is InChI=1S/C23H29N5O/c1-26-11-5-6-18(16-26)17-29-23-10-9-22-24-15-21(28(22)25-23)19-7-4-8-20(14-19)27-12-2-3-13-27/h4,7-10,14-15,18H,2-3,5-6,11-13,16-17H2,1H3. The molecular weight excluding hydrogens is 362 g/mol. The van der Waals surface area contributed by atoms with Gasteiger partial charge >= 0.3 is 0 Å². The van der Waals surface area contributed by atoms with Gasteiger partial charge in [-0.1, -0.05) is 12.1 Å². The van der Waals surface area contributed by atoms with Crippen molar-refractivity contribution in [3.05, 3.63) is 42.6 Å². The Kier molecular flexibility index (Phi) is 5.10. The molecular formula is C23H29N5O. The van der Waals surface area contributed by atoms with Gasteiger partial charge in [0.2, 0.25) is 5.88 Å². The van der Waals surface area contributed by atoms with Crippen LogP contribution in [-0.2, 0) is 0 Å². The third-order valence-electron chi connectivity index (χ3n) is 6.14. The summed E-state index contributed by atoms with van der Waals surface area (Å²) in [6, 6.07) is 12.6. The summed E-state index contributed by atoms with van der Waals surface area (Å²) in [5.74, 6) is 1.24. The fourth-order valence-electron chi connectivity index (χ4n) is 4.58. The Morgan fingerprint density at radius 2 is 1.97 bits per heavy atom. The van der Waals surface area contributed by atoms with Crippen LogP contribution in [0.5, 0.6) is 5.88 Å². The first-order valence-electron chi connectivity index (χ1n) is 10.8. The Morgan fingerprint density at radius 1 is 1.07 bits per heavy atom. The van der Waals surface area contributed by atoms with Crippen LogP contribution in [0.2, 0.25) is 0 Å². The number of ether oxygens (including phenoxy) is 1. The monoisotopic (exact) mass is 391 g/mol. The zero-order valence-corrected chi connectivity index (χ0v) is 17.1. The Hall–Kier alpha value is -2.60. The number of hydrogen-bond donors (Lipinski definition) is 0. The van der Waals surface area contributed by atoms with Gasteiger partial charge in [0.15, 0.2) is 5.65 Å². The van der Waals surface area contributed by atoms with Crippen LogP contribution in [0.15, 0.2) is 42.6 Å². The highest BCUT2D eigenvalue weighted by Gasteiger charge is 2.18. The highest BCUT2D eigenvalue weighted by atomic mass is 16.5. The molecule has 2 aliphatic heterocycles. The molecule has 4 heterocycles. The summed E-state index contributed by atoms with van der Waals surface area (Å²) >= 11 is 0. The van der Waals surface area contributed by atoms with Gasteiger partial charge in [0.25, 0.3) is 0 Å². The van der Waals surface area contributed by atoms with Crippen molar-refractivity contribution in [3.63, 3.8) is 0 Å². The lowest BCUT2D eigenvalue weighted by molar-refractivity contribution is 0.146. The van der Waals surface area contributed by atoms with E-state index in [0.717, 1.165) is 43.1 Å². The van der Waals surface area contributed by atoms with Gasteiger partial charge in [0, 0.05) is 42.9 Å². The Balaban J connectivity index is 1.37. The summed E-state index contributed by atoms with van der Waals surface area (Å²) in [6.45, 7) is 5.29. The largest absolute Gasteiger partial charge is 0.476 e. The summed E-state index contributed by atoms with van der Waals surface area (Å²) in [4.78, 5) is 9.39. The fourth-order valence-corrected chi connectivity index (χ4v) is 4.58. The van der Waals surface area contributed by atoms with Gasteiger partial charge in [-0.15, -0.1) is 5.10 Å². The van der Waals surface area contributed by atoms with Crippen LogP contribution in [-0.4, -0.2) is 59.3 Å². The van der Waals surface area contributed by atoms with Gasteiger partial charge in [0.1, 0.15) is 0 Å². The minimum atomic E-state index is 0.575. The zero-order valence-electron chi connectivity index (χ0n) is 17.1. The number of likely N-dealkylation sites (tertiary alicyclic amines) is 1. The fraction of sp³-hybridized carbons (Fsp3) is 0.478. The van der Waals surface area contributed by atoms with Gasteiger partial charge in [-0.25, -0.2) is 9.50 Å². The second-order valence-corrected chi connectivity index (χ2v) is 8.41. The number of anilines is 1. The summed E-state index contributed by atoms with van der Waals surface area (Å²) in [6.07, 6.45) is 6.94. The molecule has 6 heteroatoms. The molecule has 1 aromatic carbocycles. The minimum absolute atomic E-state index is 0.575. The van der Waals surface area contributed by atoms with Crippen molar-refractivity contribution in [2.24, 2.45) is 5.92 Å². The molecule has 0 aliphatic carbocycles. The van der Waals surface area contributed by atoms with E-state index in [0.29, 0.717) is 11.8 Å². The first-order valence-corrected chi connectivity index (χ1v) is 10.8. The van der Waals surface area contributed by atoms with Crippen LogP contribution in [0.4, 0.5) is 5.69 Å². The van der Waals surface area contributed by atoms with Crippen molar-refractivity contribution in [2.45, 2.75) is 25.7 Å². The van der Waals surface area contributed by atoms with Crippen LogP contribution in [0.1, 0.15) is 25.7 Å². The predicted octanol–water partition coefficient (Wildman–Crippen LogP) is 3.72. The lowest BCUT2D eigenvalue weighted by atomic mass is 10.00. The van der Waals surface area contributed by atoms with Gasteiger partial charge in [-0.3, -0.25) is 0 Å². The topological polar surface area (TPSA) is 45.9 Å². The molecule has 2 aliphatic rings. The van der Waals surface area contributed by atoms with Gasteiger partial charge in [-0.2, -0.15) is 0 Å². The number of benzene rings is 1. The molecule has 2 fully saturated rings. The molecule has 1 atom stereocenters. The van der Waals surface area contributed by atoms with E-state index in [9.17, 15) is 0 Å². The lowest BCUT2D eigenvalue weighted by Crippen LogP contribution is -2.34. The second-order valence-electron chi connectivity index (χ2n) is 8.41. The second kappa shape index (κ2) is 8.03. The van der Waals surface area contributed by atoms with Crippen LogP contribution in [0.3, 0.4) is 0 Å². The van der Waals surface area contributed by atoms with E-state index in [4.69, 9.17) is 9.84 Å². The smallest absolute Gasteiger partial charge is 0.231 e. The Bertz CT molecular complexity index is 978. The summed E-state index contributed by atoms with van der Waals surface area (Å²) < 4.78 is 7.98. The minimum Gasteiger partial charge on any atom is -0.476 e. The summed E-state index contributed by atoms with van der Waals surface area (Å²) in [5, 5.41) is 4.75. The molecule has 0 N–H and O–H groups in total. The molecule has 0 spiro atoms. The average Bonchev–Trinajstić information content (AvgIpc) is 3.42. The third kappa shape index (κ3) is 3.94. The van der Waals surface area contributed by atoms with Gasteiger partial charge < -0.3 is 14.5 Å². The number of hydrogen-bond acceptors (Lipinski definition) is 5. The van der Waals surface area contributed by atoms with Crippen LogP contribution < -0.4 is 9.64 Å². The number of aromatic nitrogens is 3. The molecule has 0 radical (unpaired) electrons. The van der Waals surface area contributed by atoms with Crippen molar-refractivity contribution in [1.82, 2.24) is 19.5 Å². The molecule has 6 nitrogen and oxygen atoms in total. The molecule has 0 amide bonds. The van der Waals surface area contributed by atoms with E-state index >= 15 is 0 Å². The molecule has 0 saturated carbocycles. The number of rotatable bonds is 5. The Labute approximate surface area is 172 Å². The predicted molar refractivity (Wildman–Crippen MR) is 116 cm³/mol. The quantitative estimate of drug-likeness (QED) is 0.663.